The fraction of sp³-hybridized carbons (Fsp3) is 0.333. The number of nitrogens with one attached hydrogen (secondary N) is 1. The van der Waals surface area contributed by atoms with Gasteiger partial charge in [0.1, 0.15) is 5.69 Å². The van der Waals surface area contributed by atoms with E-state index in [9.17, 15) is 4.79 Å². The number of anilines is 2. The lowest BCUT2D eigenvalue weighted by Crippen LogP contribution is -2.34. The molecule has 1 saturated heterocycles. The minimum absolute atomic E-state index is 0.209. The molecule has 5 heteroatoms. The molecule has 1 aromatic heterocycles. The Labute approximate surface area is 141 Å². The molecule has 1 aromatic carbocycles. The van der Waals surface area contributed by atoms with Gasteiger partial charge in [0.25, 0.3) is 5.91 Å². The number of carbonyl (C=O) groups is 1. The predicted octanol–water partition coefficient (Wildman–Crippen LogP) is 4.22. The van der Waals surface area contributed by atoms with Gasteiger partial charge in [-0.1, -0.05) is 18.5 Å². The summed E-state index contributed by atoms with van der Waals surface area (Å²) < 4.78 is 0. The van der Waals surface area contributed by atoms with Crippen LogP contribution in [0.15, 0.2) is 42.6 Å². The maximum atomic E-state index is 12.4. The number of pyridine rings is 1. The lowest BCUT2D eigenvalue weighted by molar-refractivity contribution is 0.102. The maximum absolute atomic E-state index is 12.4. The molecule has 4 nitrogen and oxygen atoms in total. The normalized spacial score (nSPS) is 17.8. The number of hydrogen-bond donors (Lipinski definition) is 1. The largest absolute Gasteiger partial charge is 0.371 e. The van der Waals surface area contributed by atoms with Crippen LogP contribution in [0.3, 0.4) is 0 Å². The highest BCUT2D eigenvalue weighted by atomic mass is 35.5. The molecular formula is C18H20ClN3O. The second-order valence-electron chi connectivity index (χ2n) is 6.05. The zero-order valence-electron chi connectivity index (χ0n) is 13.1. The van der Waals surface area contributed by atoms with Crippen molar-refractivity contribution < 1.29 is 4.79 Å². The number of halogens is 1. The number of aromatic nitrogens is 1. The fourth-order valence-corrected chi connectivity index (χ4v) is 3.02. The number of hydrogen-bond acceptors (Lipinski definition) is 3. The second-order valence-corrected chi connectivity index (χ2v) is 6.49. The molecule has 1 N–H and O–H groups in total. The summed E-state index contributed by atoms with van der Waals surface area (Å²) >= 11 is 5.85. The van der Waals surface area contributed by atoms with Crippen LogP contribution in [0, 0.1) is 5.92 Å². The van der Waals surface area contributed by atoms with Crippen LogP contribution in [-0.2, 0) is 0 Å². The second kappa shape index (κ2) is 7.01. The van der Waals surface area contributed by atoms with E-state index in [1.54, 1.807) is 30.5 Å². The highest BCUT2D eigenvalue weighted by Crippen LogP contribution is 2.23. The molecule has 0 aliphatic carbocycles. The molecule has 0 bridgehead atoms. The maximum Gasteiger partial charge on any atom is 0.274 e. The Hall–Kier alpha value is -2.07. The van der Waals surface area contributed by atoms with Crippen LogP contribution >= 0.6 is 11.6 Å². The molecule has 0 spiro atoms. The smallest absolute Gasteiger partial charge is 0.274 e. The van der Waals surface area contributed by atoms with Gasteiger partial charge in [-0.25, -0.2) is 0 Å². The Morgan fingerprint density at radius 2 is 2.09 bits per heavy atom. The molecule has 1 atom stereocenters. The summed E-state index contributed by atoms with van der Waals surface area (Å²) in [5, 5.41) is 3.49. The van der Waals surface area contributed by atoms with E-state index in [2.05, 4.69) is 22.1 Å². The van der Waals surface area contributed by atoms with Crippen LogP contribution in [-0.4, -0.2) is 24.0 Å². The van der Waals surface area contributed by atoms with Gasteiger partial charge in [-0.2, -0.15) is 0 Å². The third-order valence-electron chi connectivity index (χ3n) is 4.10. The molecular weight excluding hydrogens is 310 g/mol. The van der Waals surface area contributed by atoms with Gasteiger partial charge in [-0.15, -0.1) is 0 Å². The Kier molecular flexibility index (Phi) is 4.82. The Balaban J connectivity index is 1.73. The highest BCUT2D eigenvalue weighted by Gasteiger charge is 2.18. The standard InChI is InChI=1S/C18H20ClN3O/c1-13-3-2-10-22(12-13)16-8-9-20-17(11-16)18(23)21-15-6-4-14(19)5-7-15/h4-9,11,13H,2-3,10,12H2,1H3,(H,21,23). The lowest BCUT2D eigenvalue weighted by atomic mass is 10.00. The lowest BCUT2D eigenvalue weighted by Gasteiger charge is -2.32. The number of benzene rings is 1. The van der Waals surface area contributed by atoms with Crippen molar-refractivity contribution in [2.24, 2.45) is 5.92 Å². The Morgan fingerprint density at radius 1 is 1.30 bits per heavy atom. The summed E-state index contributed by atoms with van der Waals surface area (Å²) in [5.74, 6) is 0.475. The van der Waals surface area contributed by atoms with Crippen molar-refractivity contribution in [3.63, 3.8) is 0 Å². The Morgan fingerprint density at radius 3 is 2.83 bits per heavy atom. The van der Waals surface area contributed by atoms with Crippen molar-refractivity contribution in [2.45, 2.75) is 19.8 Å². The Bertz CT molecular complexity index is 687. The quantitative estimate of drug-likeness (QED) is 0.916. The summed E-state index contributed by atoms with van der Waals surface area (Å²) in [6.45, 7) is 4.33. The van der Waals surface area contributed by atoms with Crippen molar-refractivity contribution in [1.82, 2.24) is 4.98 Å². The molecule has 2 heterocycles. The van der Waals surface area contributed by atoms with Crippen LogP contribution in [0.5, 0.6) is 0 Å². The van der Waals surface area contributed by atoms with Gasteiger partial charge < -0.3 is 10.2 Å². The molecule has 1 unspecified atom stereocenters. The minimum Gasteiger partial charge on any atom is -0.371 e. The number of rotatable bonds is 3. The molecule has 1 fully saturated rings. The first kappa shape index (κ1) is 15.8. The first-order valence-electron chi connectivity index (χ1n) is 7.90. The molecule has 3 rings (SSSR count). The van der Waals surface area contributed by atoms with E-state index in [0.29, 0.717) is 22.3 Å². The van der Waals surface area contributed by atoms with Gasteiger partial charge >= 0.3 is 0 Å². The highest BCUT2D eigenvalue weighted by molar-refractivity contribution is 6.30. The molecule has 23 heavy (non-hydrogen) atoms. The number of piperidine rings is 1. The fourth-order valence-electron chi connectivity index (χ4n) is 2.89. The third kappa shape index (κ3) is 4.02. The van der Waals surface area contributed by atoms with Crippen LogP contribution < -0.4 is 10.2 Å². The number of carbonyl (C=O) groups excluding carboxylic acids is 1. The van der Waals surface area contributed by atoms with E-state index in [-0.39, 0.29) is 5.91 Å². The van der Waals surface area contributed by atoms with Crippen molar-refractivity contribution in [1.29, 1.82) is 0 Å². The van der Waals surface area contributed by atoms with Crippen molar-refractivity contribution >= 4 is 28.9 Å². The van der Waals surface area contributed by atoms with Crippen molar-refractivity contribution in [2.75, 3.05) is 23.3 Å². The van der Waals surface area contributed by atoms with E-state index < -0.39 is 0 Å². The van der Waals surface area contributed by atoms with Crippen LogP contribution in [0.2, 0.25) is 5.02 Å². The summed E-state index contributed by atoms with van der Waals surface area (Å²) in [6.07, 6.45) is 4.16. The average molecular weight is 330 g/mol. The zero-order valence-corrected chi connectivity index (χ0v) is 13.9. The number of amides is 1. The zero-order chi connectivity index (χ0) is 16.2. The summed E-state index contributed by atoms with van der Waals surface area (Å²) in [5.41, 5.74) is 2.20. The molecule has 2 aromatic rings. The van der Waals surface area contributed by atoms with E-state index >= 15 is 0 Å². The van der Waals surface area contributed by atoms with E-state index in [4.69, 9.17) is 11.6 Å². The van der Waals surface area contributed by atoms with Gasteiger partial charge in [-0.3, -0.25) is 9.78 Å². The van der Waals surface area contributed by atoms with E-state index in [1.807, 2.05) is 12.1 Å². The van der Waals surface area contributed by atoms with E-state index in [0.717, 1.165) is 18.8 Å². The molecule has 120 valence electrons. The van der Waals surface area contributed by atoms with Gasteiger partial charge in [-0.05, 0) is 55.2 Å². The molecule has 1 amide bonds. The first-order chi connectivity index (χ1) is 11.1. The van der Waals surface area contributed by atoms with Gasteiger partial charge in [0.05, 0.1) is 0 Å². The van der Waals surface area contributed by atoms with Crippen LogP contribution in [0.1, 0.15) is 30.3 Å². The van der Waals surface area contributed by atoms with Gasteiger partial charge in [0.2, 0.25) is 0 Å². The van der Waals surface area contributed by atoms with E-state index in [1.165, 1.54) is 12.8 Å². The van der Waals surface area contributed by atoms with Gasteiger partial charge in [0.15, 0.2) is 0 Å². The summed E-state index contributed by atoms with van der Waals surface area (Å²) in [4.78, 5) is 18.9. The van der Waals surface area contributed by atoms with Crippen LogP contribution in [0.25, 0.3) is 0 Å². The molecule has 1 aliphatic heterocycles. The predicted molar refractivity (Wildman–Crippen MR) is 94.3 cm³/mol. The summed E-state index contributed by atoms with van der Waals surface area (Å²) in [6, 6.07) is 10.9. The topological polar surface area (TPSA) is 45.2 Å². The minimum atomic E-state index is -0.209. The molecule has 1 aliphatic rings. The molecule has 0 saturated carbocycles. The monoisotopic (exact) mass is 329 g/mol. The van der Waals surface area contributed by atoms with Gasteiger partial charge in [0, 0.05) is 35.7 Å². The third-order valence-corrected chi connectivity index (χ3v) is 4.35. The van der Waals surface area contributed by atoms with Crippen LogP contribution in [0.4, 0.5) is 11.4 Å². The van der Waals surface area contributed by atoms with Crippen molar-refractivity contribution in [3.05, 3.63) is 53.3 Å². The molecule has 0 radical (unpaired) electrons. The van der Waals surface area contributed by atoms with Crippen molar-refractivity contribution in [3.8, 4) is 0 Å². The summed E-state index contributed by atoms with van der Waals surface area (Å²) in [7, 11) is 0. The number of nitrogens with zero attached hydrogens (tertiary/aromatic N) is 2. The first-order valence-corrected chi connectivity index (χ1v) is 8.27. The average Bonchev–Trinajstić information content (AvgIpc) is 2.57. The SMILES string of the molecule is CC1CCCN(c2ccnc(C(=O)Nc3ccc(Cl)cc3)c2)C1.